The third kappa shape index (κ3) is 5.17. The van der Waals surface area contributed by atoms with E-state index in [0.29, 0.717) is 13.2 Å². The SMILES string of the molecule is CCNCc1cccc(COCc2ccc(OC)cc2)n1. The van der Waals surface area contributed by atoms with E-state index >= 15 is 0 Å². The van der Waals surface area contributed by atoms with Crippen LogP contribution >= 0.6 is 0 Å². The normalized spacial score (nSPS) is 10.6. The van der Waals surface area contributed by atoms with E-state index in [1.54, 1.807) is 7.11 Å². The average Bonchev–Trinajstić information content (AvgIpc) is 2.54. The Labute approximate surface area is 126 Å². The second kappa shape index (κ2) is 8.39. The Morgan fingerprint density at radius 1 is 1.00 bits per heavy atom. The van der Waals surface area contributed by atoms with Crippen LogP contribution in [0.1, 0.15) is 23.9 Å². The van der Waals surface area contributed by atoms with Gasteiger partial charge in [0.1, 0.15) is 5.75 Å². The minimum atomic E-state index is 0.520. The number of nitrogens with one attached hydrogen (secondary N) is 1. The number of methoxy groups -OCH3 is 1. The summed E-state index contributed by atoms with van der Waals surface area (Å²) in [7, 11) is 1.66. The molecule has 0 aliphatic rings. The van der Waals surface area contributed by atoms with Gasteiger partial charge in [0.2, 0.25) is 0 Å². The summed E-state index contributed by atoms with van der Waals surface area (Å²) in [6, 6.07) is 13.9. The predicted molar refractivity (Wildman–Crippen MR) is 83.1 cm³/mol. The van der Waals surface area contributed by atoms with Crippen molar-refractivity contribution in [3.05, 3.63) is 59.4 Å². The Morgan fingerprint density at radius 3 is 2.48 bits per heavy atom. The molecule has 4 heteroatoms. The molecule has 1 aromatic carbocycles. The molecule has 2 aromatic rings. The molecule has 0 amide bonds. The van der Waals surface area contributed by atoms with Gasteiger partial charge in [0.15, 0.2) is 0 Å². The molecule has 1 N–H and O–H groups in total. The fourth-order valence-corrected chi connectivity index (χ4v) is 1.96. The highest BCUT2D eigenvalue weighted by Gasteiger charge is 1.99. The summed E-state index contributed by atoms with van der Waals surface area (Å²) >= 11 is 0. The van der Waals surface area contributed by atoms with E-state index < -0.39 is 0 Å². The highest BCUT2D eigenvalue weighted by atomic mass is 16.5. The summed E-state index contributed by atoms with van der Waals surface area (Å²) in [5.41, 5.74) is 3.13. The van der Waals surface area contributed by atoms with Gasteiger partial charge < -0.3 is 14.8 Å². The summed E-state index contributed by atoms with van der Waals surface area (Å²) in [6.45, 7) is 4.92. The number of nitrogens with zero attached hydrogens (tertiary/aromatic N) is 1. The van der Waals surface area contributed by atoms with Crippen LogP contribution in [0.25, 0.3) is 0 Å². The fourth-order valence-electron chi connectivity index (χ4n) is 1.96. The molecule has 0 saturated carbocycles. The smallest absolute Gasteiger partial charge is 0.118 e. The van der Waals surface area contributed by atoms with Gasteiger partial charge in [-0.05, 0) is 36.4 Å². The first kappa shape index (κ1) is 15.5. The highest BCUT2D eigenvalue weighted by molar-refractivity contribution is 5.26. The number of hydrogen-bond donors (Lipinski definition) is 1. The minimum Gasteiger partial charge on any atom is -0.497 e. The summed E-state index contributed by atoms with van der Waals surface area (Å²) < 4.78 is 10.8. The highest BCUT2D eigenvalue weighted by Crippen LogP contribution is 2.12. The maximum Gasteiger partial charge on any atom is 0.118 e. The van der Waals surface area contributed by atoms with Crippen molar-refractivity contribution >= 4 is 0 Å². The van der Waals surface area contributed by atoms with E-state index in [0.717, 1.165) is 35.8 Å². The maximum absolute atomic E-state index is 5.72. The van der Waals surface area contributed by atoms with Gasteiger partial charge in [0.05, 0.1) is 31.7 Å². The summed E-state index contributed by atoms with van der Waals surface area (Å²) in [5, 5.41) is 3.27. The van der Waals surface area contributed by atoms with Gasteiger partial charge in [-0.25, -0.2) is 0 Å². The van der Waals surface area contributed by atoms with E-state index in [-0.39, 0.29) is 0 Å². The van der Waals surface area contributed by atoms with Crippen molar-refractivity contribution in [2.75, 3.05) is 13.7 Å². The van der Waals surface area contributed by atoms with E-state index in [4.69, 9.17) is 9.47 Å². The summed E-state index contributed by atoms with van der Waals surface area (Å²) in [5.74, 6) is 0.858. The van der Waals surface area contributed by atoms with Crippen LogP contribution in [0.2, 0.25) is 0 Å². The lowest BCUT2D eigenvalue weighted by molar-refractivity contribution is 0.104. The number of aromatic nitrogens is 1. The van der Waals surface area contributed by atoms with Crippen LogP contribution in [-0.2, 0) is 24.5 Å². The van der Waals surface area contributed by atoms with E-state index in [1.165, 1.54) is 0 Å². The molecule has 0 spiro atoms. The van der Waals surface area contributed by atoms with Gasteiger partial charge in [-0.15, -0.1) is 0 Å². The van der Waals surface area contributed by atoms with Gasteiger partial charge >= 0.3 is 0 Å². The number of hydrogen-bond acceptors (Lipinski definition) is 4. The van der Waals surface area contributed by atoms with Crippen molar-refractivity contribution < 1.29 is 9.47 Å². The Hall–Kier alpha value is -1.91. The Kier molecular flexibility index (Phi) is 6.19. The van der Waals surface area contributed by atoms with Crippen LogP contribution in [0, 0.1) is 0 Å². The van der Waals surface area contributed by atoms with Crippen molar-refractivity contribution in [2.24, 2.45) is 0 Å². The zero-order valence-electron chi connectivity index (χ0n) is 12.6. The van der Waals surface area contributed by atoms with Crippen LogP contribution in [0.15, 0.2) is 42.5 Å². The van der Waals surface area contributed by atoms with Gasteiger partial charge in [0.25, 0.3) is 0 Å². The fraction of sp³-hybridized carbons (Fsp3) is 0.353. The van der Waals surface area contributed by atoms with E-state index in [2.05, 4.69) is 17.2 Å². The quantitative estimate of drug-likeness (QED) is 0.810. The van der Waals surface area contributed by atoms with E-state index in [9.17, 15) is 0 Å². The molecular formula is C17H22N2O2. The molecule has 0 radical (unpaired) electrons. The molecule has 0 unspecified atom stereocenters. The van der Waals surface area contributed by atoms with Crippen LogP contribution in [0.3, 0.4) is 0 Å². The van der Waals surface area contributed by atoms with Crippen LogP contribution in [-0.4, -0.2) is 18.6 Å². The van der Waals surface area contributed by atoms with Crippen molar-refractivity contribution in [1.29, 1.82) is 0 Å². The first-order valence-corrected chi connectivity index (χ1v) is 7.18. The number of ether oxygens (including phenoxy) is 2. The molecule has 0 aliphatic carbocycles. The van der Waals surface area contributed by atoms with Gasteiger partial charge in [0, 0.05) is 6.54 Å². The molecule has 2 rings (SSSR count). The molecule has 21 heavy (non-hydrogen) atoms. The van der Waals surface area contributed by atoms with Gasteiger partial charge in [-0.2, -0.15) is 0 Å². The second-order valence-corrected chi connectivity index (χ2v) is 4.74. The number of pyridine rings is 1. The Bertz CT molecular complexity index is 541. The van der Waals surface area contributed by atoms with Crippen LogP contribution in [0.5, 0.6) is 5.75 Å². The standard InChI is InChI=1S/C17H22N2O2/c1-3-18-11-15-5-4-6-16(19-15)13-21-12-14-7-9-17(20-2)10-8-14/h4-10,18H,3,11-13H2,1-2H3. The largest absolute Gasteiger partial charge is 0.497 e. The molecule has 1 aromatic heterocycles. The molecular weight excluding hydrogens is 264 g/mol. The zero-order chi connectivity index (χ0) is 14.9. The lowest BCUT2D eigenvalue weighted by atomic mass is 10.2. The summed E-state index contributed by atoms with van der Waals surface area (Å²) in [6.07, 6.45) is 0. The van der Waals surface area contributed by atoms with Crippen molar-refractivity contribution in [1.82, 2.24) is 10.3 Å². The first-order valence-electron chi connectivity index (χ1n) is 7.18. The maximum atomic E-state index is 5.72. The number of rotatable bonds is 8. The third-order valence-electron chi connectivity index (χ3n) is 3.10. The first-order chi connectivity index (χ1) is 10.3. The lowest BCUT2D eigenvalue weighted by Gasteiger charge is -2.07. The molecule has 112 valence electrons. The molecule has 0 fully saturated rings. The third-order valence-corrected chi connectivity index (χ3v) is 3.10. The Morgan fingerprint density at radius 2 is 1.76 bits per heavy atom. The second-order valence-electron chi connectivity index (χ2n) is 4.74. The predicted octanol–water partition coefficient (Wildman–Crippen LogP) is 2.92. The van der Waals surface area contributed by atoms with Crippen molar-refractivity contribution in [2.45, 2.75) is 26.7 Å². The molecule has 0 saturated heterocycles. The Balaban J connectivity index is 1.82. The van der Waals surface area contributed by atoms with Crippen LogP contribution in [0.4, 0.5) is 0 Å². The average molecular weight is 286 g/mol. The topological polar surface area (TPSA) is 43.4 Å². The zero-order valence-corrected chi connectivity index (χ0v) is 12.6. The molecule has 0 bridgehead atoms. The van der Waals surface area contributed by atoms with E-state index in [1.807, 2.05) is 42.5 Å². The van der Waals surface area contributed by atoms with Gasteiger partial charge in [-0.3, -0.25) is 4.98 Å². The number of benzene rings is 1. The molecule has 0 aliphatic heterocycles. The monoisotopic (exact) mass is 286 g/mol. The van der Waals surface area contributed by atoms with Gasteiger partial charge in [-0.1, -0.05) is 25.1 Å². The lowest BCUT2D eigenvalue weighted by Crippen LogP contribution is -2.13. The van der Waals surface area contributed by atoms with Crippen molar-refractivity contribution in [3.8, 4) is 5.75 Å². The minimum absolute atomic E-state index is 0.520. The summed E-state index contributed by atoms with van der Waals surface area (Å²) in [4.78, 5) is 4.56. The van der Waals surface area contributed by atoms with Crippen LogP contribution < -0.4 is 10.1 Å². The molecule has 1 heterocycles. The van der Waals surface area contributed by atoms with Crippen molar-refractivity contribution in [3.63, 3.8) is 0 Å². The molecule has 0 atom stereocenters. The molecule has 4 nitrogen and oxygen atoms in total.